The molecule has 1 aliphatic rings. The number of carbonyl (C=O) groups is 1. The predicted molar refractivity (Wildman–Crippen MR) is 101 cm³/mol. The Morgan fingerprint density at radius 1 is 1.00 bits per heavy atom. The molecule has 0 saturated carbocycles. The first kappa shape index (κ1) is 18.6. The maximum atomic E-state index is 12.7. The van der Waals surface area contributed by atoms with Gasteiger partial charge in [-0.25, -0.2) is 0 Å². The van der Waals surface area contributed by atoms with Crippen molar-refractivity contribution in [3.63, 3.8) is 0 Å². The summed E-state index contributed by atoms with van der Waals surface area (Å²) in [7, 11) is 0. The molecule has 4 rings (SSSR count). The van der Waals surface area contributed by atoms with Crippen molar-refractivity contribution < 1.29 is 34.7 Å². The number of fused-ring (bicyclic) bond motifs is 1. The van der Waals surface area contributed by atoms with Crippen molar-refractivity contribution >= 4 is 16.9 Å². The fourth-order valence-corrected chi connectivity index (χ4v) is 3.63. The molecule has 1 aromatic heterocycles. The summed E-state index contributed by atoms with van der Waals surface area (Å²) in [5, 5.41) is 52.0. The number of benzene rings is 2. The van der Waals surface area contributed by atoms with Crippen LogP contribution in [0.15, 0.2) is 39.5 Å². The van der Waals surface area contributed by atoms with Crippen LogP contribution in [0.1, 0.15) is 24.4 Å². The van der Waals surface area contributed by atoms with E-state index in [9.17, 15) is 30.0 Å². The number of aromatic hydroxyl groups is 4. The highest BCUT2D eigenvalue weighted by molar-refractivity contribution is 5.88. The minimum absolute atomic E-state index is 0.0450. The van der Waals surface area contributed by atoms with E-state index in [-0.39, 0.29) is 33.8 Å². The third kappa shape index (κ3) is 3.11. The fraction of sp³-hybridized carbons (Fsp3) is 0.200. The van der Waals surface area contributed by atoms with E-state index in [4.69, 9.17) is 9.52 Å². The summed E-state index contributed by atoms with van der Waals surface area (Å²) in [5.74, 6) is -2.51. The van der Waals surface area contributed by atoms with E-state index in [1.54, 1.807) is 0 Å². The summed E-state index contributed by atoms with van der Waals surface area (Å²) >= 11 is 0. The number of carboxylic acids is 1. The van der Waals surface area contributed by atoms with Crippen LogP contribution >= 0.6 is 0 Å². The van der Waals surface area contributed by atoms with E-state index in [0.29, 0.717) is 18.4 Å². The number of phenols is 4. The van der Waals surface area contributed by atoms with Gasteiger partial charge in [0, 0.05) is 23.7 Å². The molecular weight excluding hydrogens is 382 g/mol. The molecule has 2 unspecified atom stereocenters. The molecule has 0 spiro atoms. The monoisotopic (exact) mass is 399 g/mol. The van der Waals surface area contributed by atoms with Crippen LogP contribution in [-0.4, -0.2) is 37.5 Å². The summed E-state index contributed by atoms with van der Waals surface area (Å²) in [5.41, 5.74) is -0.306. The Hall–Kier alpha value is -3.72. The third-order valence-corrected chi connectivity index (χ3v) is 5.06. The van der Waals surface area contributed by atoms with Crippen LogP contribution in [-0.2, 0) is 4.79 Å². The van der Waals surface area contributed by atoms with Gasteiger partial charge in [0.05, 0.1) is 5.56 Å². The molecular formula is C20H17NO8. The normalized spacial score (nSPS) is 18.9. The second-order valence-corrected chi connectivity index (χ2v) is 6.90. The molecule has 9 nitrogen and oxygen atoms in total. The van der Waals surface area contributed by atoms with Crippen LogP contribution in [0.3, 0.4) is 0 Å². The van der Waals surface area contributed by atoms with Crippen LogP contribution in [0, 0.1) is 0 Å². The van der Waals surface area contributed by atoms with Crippen molar-refractivity contribution in [3.8, 4) is 34.3 Å². The summed E-state index contributed by atoms with van der Waals surface area (Å²) < 4.78 is 5.63. The van der Waals surface area contributed by atoms with E-state index < -0.39 is 35.0 Å². The van der Waals surface area contributed by atoms with Crippen LogP contribution in [0.5, 0.6) is 23.0 Å². The number of rotatable bonds is 3. The Kier molecular flexibility index (Phi) is 4.31. The molecule has 2 atom stereocenters. The van der Waals surface area contributed by atoms with Gasteiger partial charge in [0.25, 0.3) is 0 Å². The van der Waals surface area contributed by atoms with Crippen molar-refractivity contribution in [2.75, 3.05) is 0 Å². The first-order chi connectivity index (χ1) is 13.8. The van der Waals surface area contributed by atoms with Crippen LogP contribution in [0.2, 0.25) is 0 Å². The number of hydrogen-bond acceptors (Lipinski definition) is 8. The summed E-state index contributed by atoms with van der Waals surface area (Å²) in [6.07, 6.45) is 0.675. The molecule has 0 bridgehead atoms. The highest BCUT2D eigenvalue weighted by Crippen LogP contribution is 2.42. The average Bonchev–Trinajstić information content (AvgIpc) is 3.13. The Morgan fingerprint density at radius 2 is 1.76 bits per heavy atom. The lowest BCUT2D eigenvalue weighted by Gasteiger charge is -2.17. The Morgan fingerprint density at radius 3 is 2.41 bits per heavy atom. The standard InChI is InChI=1S/C20H17NO8/c22-11-4-1-8(5-12(11)23)15-6-14(25)18-16(29-15)7-13(24)17(19(18)26)9-2-3-10(21-9)20(27)28/h1,4-7,9-10,21-24,26H,2-3H2,(H,27,28). The van der Waals surface area contributed by atoms with E-state index in [2.05, 4.69) is 5.32 Å². The molecule has 9 heteroatoms. The molecule has 29 heavy (non-hydrogen) atoms. The topological polar surface area (TPSA) is 160 Å². The number of aliphatic carboxylic acids is 1. The first-order valence-electron chi connectivity index (χ1n) is 8.80. The largest absolute Gasteiger partial charge is 0.507 e. The number of phenolic OH excluding ortho intramolecular Hbond substituents is 4. The van der Waals surface area contributed by atoms with E-state index in [1.807, 2.05) is 0 Å². The molecule has 6 N–H and O–H groups in total. The molecule has 0 amide bonds. The average molecular weight is 399 g/mol. The predicted octanol–water partition coefficient (Wildman–Crippen LogP) is 2.16. The molecule has 3 aromatic rings. The van der Waals surface area contributed by atoms with Gasteiger partial charge in [0.15, 0.2) is 16.9 Å². The van der Waals surface area contributed by atoms with Crippen molar-refractivity contribution in [3.05, 3.63) is 46.1 Å². The van der Waals surface area contributed by atoms with Gasteiger partial charge in [-0.15, -0.1) is 0 Å². The molecule has 1 saturated heterocycles. The first-order valence-corrected chi connectivity index (χ1v) is 8.80. The van der Waals surface area contributed by atoms with Gasteiger partial charge >= 0.3 is 5.97 Å². The summed E-state index contributed by atoms with van der Waals surface area (Å²) in [4.78, 5) is 23.8. The number of hydrogen-bond donors (Lipinski definition) is 6. The van der Waals surface area contributed by atoms with E-state index in [1.165, 1.54) is 24.3 Å². The van der Waals surface area contributed by atoms with E-state index in [0.717, 1.165) is 6.07 Å². The zero-order valence-corrected chi connectivity index (χ0v) is 14.9. The third-order valence-electron chi connectivity index (χ3n) is 5.06. The molecule has 2 heterocycles. The van der Waals surface area contributed by atoms with Crippen LogP contribution < -0.4 is 10.7 Å². The smallest absolute Gasteiger partial charge is 0.320 e. The van der Waals surface area contributed by atoms with Crippen molar-refractivity contribution in [1.82, 2.24) is 5.32 Å². The lowest BCUT2D eigenvalue weighted by Crippen LogP contribution is -2.31. The van der Waals surface area contributed by atoms with E-state index >= 15 is 0 Å². The number of carboxylic acid groups (broad SMARTS) is 1. The quantitative estimate of drug-likeness (QED) is 0.363. The lowest BCUT2D eigenvalue weighted by atomic mass is 9.99. The van der Waals surface area contributed by atoms with Crippen molar-refractivity contribution in [2.24, 2.45) is 0 Å². The molecule has 150 valence electrons. The van der Waals surface area contributed by atoms with Crippen LogP contribution in [0.4, 0.5) is 0 Å². The van der Waals surface area contributed by atoms with Crippen molar-refractivity contribution in [1.29, 1.82) is 0 Å². The van der Waals surface area contributed by atoms with Gasteiger partial charge in [-0.2, -0.15) is 0 Å². The van der Waals surface area contributed by atoms with Crippen molar-refractivity contribution in [2.45, 2.75) is 24.9 Å². The van der Waals surface area contributed by atoms with Gasteiger partial charge in [-0.3, -0.25) is 14.9 Å². The second kappa shape index (κ2) is 6.71. The SMILES string of the molecule is O=C(O)C1CCC(c2c(O)cc3oc(-c4ccc(O)c(O)c4)cc(=O)c3c2O)N1. The molecule has 0 radical (unpaired) electrons. The minimum atomic E-state index is -1.03. The molecule has 2 aromatic carbocycles. The molecule has 1 aliphatic heterocycles. The minimum Gasteiger partial charge on any atom is -0.507 e. The highest BCUT2D eigenvalue weighted by atomic mass is 16.4. The second-order valence-electron chi connectivity index (χ2n) is 6.90. The summed E-state index contributed by atoms with van der Waals surface area (Å²) in [6.45, 7) is 0. The molecule has 1 fully saturated rings. The zero-order valence-electron chi connectivity index (χ0n) is 14.9. The lowest BCUT2D eigenvalue weighted by molar-refractivity contribution is -0.139. The highest BCUT2D eigenvalue weighted by Gasteiger charge is 2.33. The maximum Gasteiger partial charge on any atom is 0.320 e. The van der Waals surface area contributed by atoms with Gasteiger partial charge in [-0.1, -0.05) is 0 Å². The van der Waals surface area contributed by atoms with Gasteiger partial charge < -0.3 is 29.9 Å². The van der Waals surface area contributed by atoms with Gasteiger partial charge in [0.1, 0.15) is 34.3 Å². The Labute approximate surface area is 163 Å². The Bertz CT molecular complexity index is 1200. The molecule has 0 aliphatic carbocycles. The summed E-state index contributed by atoms with van der Waals surface area (Å²) in [6, 6.07) is 4.74. The zero-order chi connectivity index (χ0) is 20.9. The van der Waals surface area contributed by atoms with Gasteiger partial charge in [-0.05, 0) is 31.0 Å². The number of nitrogens with one attached hydrogen (secondary N) is 1. The van der Waals surface area contributed by atoms with Crippen LogP contribution in [0.25, 0.3) is 22.3 Å². The maximum absolute atomic E-state index is 12.7. The van der Waals surface area contributed by atoms with Gasteiger partial charge in [0.2, 0.25) is 0 Å². The fourth-order valence-electron chi connectivity index (χ4n) is 3.63. The Balaban J connectivity index is 1.83.